The van der Waals surface area contributed by atoms with Gasteiger partial charge in [0.1, 0.15) is 5.75 Å². The molecule has 0 amide bonds. The van der Waals surface area contributed by atoms with Crippen molar-refractivity contribution >= 4 is 11.6 Å². The molecule has 0 aromatic heterocycles. The van der Waals surface area contributed by atoms with Crippen LogP contribution in [0.1, 0.15) is 19.4 Å². The molecule has 0 N–H and O–H groups in total. The molecule has 1 rings (SSSR count). The van der Waals surface area contributed by atoms with Crippen molar-refractivity contribution in [3.63, 3.8) is 0 Å². The summed E-state index contributed by atoms with van der Waals surface area (Å²) in [6.45, 7) is 8.33. The zero-order valence-corrected chi connectivity index (χ0v) is 9.27. The van der Waals surface area contributed by atoms with Crippen LogP contribution >= 0.6 is 11.6 Å². The summed E-state index contributed by atoms with van der Waals surface area (Å²) in [5, 5.41) is 0.713. The number of hydrogen-bond acceptors (Lipinski definition) is 1. The summed E-state index contributed by atoms with van der Waals surface area (Å²) in [5.41, 5.74) is 1.01. The summed E-state index contributed by atoms with van der Waals surface area (Å²) >= 11 is 5.91. The Bertz CT molecular complexity index is 320. The molecule has 0 spiro atoms. The van der Waals surface area contributed by atoms with Gasteiger partial charge in [-0.15, -0.1) is 6.58 Å². The van der Waals surface area contributed by atoms with Gasteiger partial charge in [0.25, 0.3) is 0 Å². The Morgan fingerprint density at radius 1 is 1.57 bits per heavy atom. The van der Waals surface area contributed by atoms with Crippen LogP contribution in [0.5, 0.6) is 5.75 Å². The predicted molar refractivity (Wildman–Crippen MR) is 60.8 cm³/mol. The van der Waals surface area contributed by atoms with Crippen LogP contribution in [0.2, 0.25) is 5.02 Å². The number of benzene rings is 1. The molecule has 1 radical (unpaired) electrons. The first-order chi connectivity index (χ1) is 6.69. The maximum Gasteiger partial charge on any atom is 0.123 e. The average Bonchev–Trinajstić information content (AvgIpc) is 2.20. The molecule has 75 valence electrons. The van der Waals surface area contributed by atoms with E-state index in [1.165, 1.54) is 0 Å². The fourth-order valence-corrected chi connectivity index (χ4v) is 1.37. The number of halogens is 1. The Balaban J connectivity index is 3.08. The van der Waals surface area contributed by atoms with Crippen LogP contribution in [0.15, 0.2) is 30.9 Å². The molecule has 1 aromatic carbocycles. The molecule has 0 saturated carbocycles. The van der Waals surface area contributed by atoms with E-state index in [0.29, 0.717) is 11.6 Å². The average molecular weight is 210 g/mol. The van der Waals surface area contributed by atoms with Gasteiger partial charge < -0.3 is 4.74 Å². The molecule has 0 fully saturated rings. The van der Waals surface area contributed by atoms with Crippen molar-refractivity contribution in [2.75, 3.05) is 6.61 Å². The van der Waals surface area contributed by atoms with E-state index in [1.807, 2.05) is 32.0 Å². The highest BCUT2D eigenvalue weighted by atomic mass is 35.5. The van der Waals surface area contributed by atoms with Gasteiger partial charge in [-0.1, -0.05) is 24.6 Å². The van der Waals surface area contributed by atoms with Gasteiger partial charge in [-0.05, 0) is 25.1 Å². The minimum absolute atomic E-state index is 0.652. The second-order valence-electron chi connectivity index (χ2n) is 2.96. The largest absolute Gasteiger partial charge is 0.494 e. The van der Waals surface area contributed by atoms with Crippen molar-refractivity contribution in [3.05, 3.63) is 47.4 Å². The fraction of sp³-hybridized carbons (Fsp3) is 0.250. The highest BCUT2D eigenvalue weighted by Gasteiger charge is 2.09. The fourth-order valence-electron chi connectivity index (χ4n) is 1.20. The van der Waals surface area contributed by atoms with Gasteiger partial charge in [0.15, 0.2) is 0 Å². The Morgan fingerprint density at radius 3 is 2.86 bits per heavy atom. The highest BCUT2D eigenvalue weighted by molar-refractivity contribution is 6.30. The molecular formula is C12H14ClO. The Labute approximate surface area is 90.3 Å². The predicted octanol–water partition coefficient (Wildman–Crippen LogP) is 3.87. The Morgan fingerprint density at radius 2 is 2.29 bits per heavy atom. The van der Waals surface area contributed by atoms with Crippen LogP contribution in [0, 0.1) is 5.92 Å². The third-order valence-corrected chi connectivity index (χ3v) is 2.21. The monoisotopic (exact) mass is 209 g/mol. The lowest BCUT2D eigenvalue weighted by Crippen LogP contribution is -1.99. The summed E-state index contributed by atoms with van der Waals surface area (Å²) in [6.07, 6.45) is 1.80. The SMILES string of the molecule is C=C[C](C)c1cc(Cl)ccc1OCC. The molecule has 1 aromatic rings. The molecule has 2 heteroatoms. The van der Waals surface area contributed by atoms with Crippen LogP contribution in [0.3, 0.4) is 0 Å². The smallest absolute Gasteiger partial charge is 0.123 e. The van der Waals surface area contributed by atoms with Crippen molar-refractivity contribution < 1.29 is 4.74 Å². The van der Waals surface area contributed by atoms with E-state index in [0.717, 1.165) is 17.2 Å². The van der Waals surface area contributed by atoms with E-state index in [9.17, 15) is 0 Å². The van der Waals surface area contributed by atoms with E-state index >= 15 is 0 Å². The molecule has 0 atom stereocenters. The lowest BCUT2D eigenvalue weighted by Gasteiger charge is -2.13. The second kappa shape index (κ2) is 5.06. The van der Waals surface area contributed by atoms with Crippen LogP contribution in [0.25, 0.3) is 0 Å². The molecule has 14 heavy (non-hydrogen) atoms. The van der Waals surface area contributed by atoms with Gasteiger partial charge in [-0.25, -0.2) is 0 Å². The lowest BCUT2D eigenvalue weighted by molar-refractivity contribution is 0.338. The third-order valence-electron chi connectivity index (χ3n) is 1.97. The second-order valence-corrected chi connectivity index (χ2v) is 3.40. The summed E-state index contributed by atoms with van der Waals surface area (Å²) in [6, 6.07) is 5.60. The molecule has 0 unspecified atom stereocenters. The molecule has 1 nitrogen and oxygen atoms in total. The summed E-state index contributed by atoms with van der Waals surface area (Å²) in [7, 11) is 0. The van der Waals surface area contributed by atoms with E-state index in [2.05, 4.69) is 6.58 Å². The lowest BCUT2D eigenvalue weighted by atomic mass is 10.0. The molecule has 0 aliphatic heterocycles. The highest BCUT2D eigenvalue weighted by Crippen LogP contribution is 2.29. The van der Waals surface area contributed by atoms with Crippen molar-refractivity contribution in [2.45, 2.75) is 13.8 Å². The van der Waals surface area contributed by atoms with E-state index in [1.54, 1.807) is 6.08 Å². The van der Waals surface area contributed by atoms with Crippen molar-refractivity contribution in [3.8, 4) is 5.75 Å². The van der Waals surface area contributed by atoms with Crippen LogP contribution < -0.4 is 4.74 Å². The van der Waals surface area contributed by atoms with E-state index < -0.39 is 0 Å². The number of rotatable bonds is 4. The minimum Gasteiger partial charge on any atom is -0.494 e. The zero-order chi connectivity index (χ0) is 10.6. The number of allylic oxidation sites excluding steroid dienone is 1. The molecule has 0 aliphatic carbocycles. The van der Waals surface area contributed by atoms with Crippen molar-refractivity contribution in [2.24, 2.45) is 0 Å². The molecule has 0 bridgehead atoms. The van der Waals surface area contributed by atoms with E-state index in [-0.39, 0.29) is 0 Å². The zero-order valence-electron chi connectivity index (χ0n) is 8.51. The van der Waals surface area contributed by atoms with Crippen LogP contribution in [0.4, 0.5) is 0 Å². The topological polar surface area (TPSA) is 9.23 Å². The summed E-state index contributed by atoms with van der Waals surface area (Å²) < 4.78 is 5.49. The first-order valence-electron chi connectivity index (χ1n) is 4.57. The number of hydrogen-bond donors (Lipinski definition) is 0. The summed E-state index contributed by atoms with van der Waals surface area (Å²) in [4.78, 5) is 0. The van der Waals surface area contributed by atoms with Gasteiger partial charge in [-0.2, -0.15) is 0 Å². The normalized spacial score (nSPS) is 10.3. The maximum atomic E-state index is 5.91. The molecule has 0 saturated heterocycles. The maximum absolute atomic E-state index is 5.91. The van der Waals surface area contributed by atoms with Gasteiger partial charge >= 0.3 is 0 Å². The molecular weight excluding hydrogens is 196 g/mol. The van der Waals surface area contributed by atoms with Gasteiger partial charge in [0.05, 0.1) is 6.61 Å². The number of ether oxygens (including phenoxy) is 1. The molecule has 0 aliphatic rings. The van der Waals surface area contributed by atoms with Gasteiger partial charge in [0.2, 0.25) is 0 Å². The Hall–Kier alpha value is -0.950. The Kier molecular flexibility index (Phi) is 4.02. The van der Waals surface area contributed by atoms with Crippen molar-refractivity contribution in [1.82, 2.24) is 0 Å². The van der Waals surface area contributed by atoms with Gasteiger partial charge in [-0.3, -0.25) is 0 Å². The quantitative estimate of drug-likeness (QED) is 0.732. The van der Waals surface area contributed by atoms with Gasteiger partial charge in [0, 0.05) is 16.5 Å². The van der Waals surface area contributed by atoms with Crippen LogP contribution in [-0.2, 0) is 0 Å². The molecule has 0 heterocycles. The van der Waals surface area contributed by atoms with Crippen LogP contribution in [-0.4, -0.2) is 6.61 Å². The van der Waals surface area contributed by atoms with E-state index in [4.69, 9.17) is 16.3 Å². The van der Waals surface area contributed by atoms with Crippen molar-refractivity contribution in [1.29, 1.82) is 0 Å². The minimum atomic E-state index is 0.652. The summed E-state index contributed by atoms with van der Waals surface area (Å²) in [5.74, 6) is 1.92. The third kappa shape index (κ3) is 2.52. The first kappa shape index (κ1) is 11.1. The standard InChI is InChI=1S/C12H14ClO/c1-4-9(3)11-8-10(13)6-7-12(11)14-5-2/h4,6-8H,1,5H2,2-3H3. The first-order valence-corrected chi connectivity index (χ1v) is 4.95.